The van der Waals surface area contributed by atoms with Crippen molar-refractivity contribution in [2.45, 2.75) is 32.1 Å². The fourth-order valence-corrected chi connectivity index (χ4v) is 2.14. The topological polar surface area (TPSA) is 65.7 Å². The monoisotopic (exact) mass is 238 g/mol. The van der Waals surface area contributed by atoms with E-state index in [1.807, 2.05) is 16.8 Å². The van der Waals surface area contributed by atoms with Crippen LogP contribution in [0.15, 0.2) is 18.3 Å². The van der Waals surface area contributed by atoms with Gasteiger partial charge in [0.25, 0.3) is 5.91 Å². The molecule has 94 valence electrons. The first-order valence-corrected chi connectivity index (χ1v) is 5.94. The zero-order valence-corrected chi connectivity index (χ0v) is 9.91. The van der Waals surface area contributed by atoms with E-state index in [0.29, 0.717) is 5.69 Å². The van der Waals surface area contributed by atoms with E-state index in [-0.39, 0.29) is 19.0 Å². The average molecular weight is 238 g/mol. The van der Waals surface area contributed by atoms with Gasteiger partial charge in [-0.1, -0.05) is 6.92 Å². The second-order valence-corrected chi connectivity index (χ2v) is 4.43. The molecule has 0 radical (unpaired) electrons. The van der Waals surface area contributed by atoms with E-state index < -0.39 is 12.2 Å². The van der Waals surface area contributed by atoms with Crippen molar-refractivity contribution in [2.24, 2.45) is 0 Å². The Morgan fingerprint density at radius 3 is 2.65 bits per heavy atom. The number of carbonyl (C=O) groups excluding carboxylic acids is 1. The second-order valence-electron chi connectivity index (χ2n) is 4.43. The highest BCUT2D eigenvalue weighted by Gasteiger charge is 2.33. The Labute approximate surface area is 100 Å². The fraction of sp³-hybridized carbons (Fsp3) is 0.583. The third-order valence-corrected chi connectivity index (χ3v) is 3.06. The van der Waals surface area contributed by atoms with Crippen LogP contribution in [0.5, 0.6) is 0 Å². The van der Waals surface area contributed by atoms with Gasteiger partial charge in [-0.15, -0.1) is 0 Å². The number of aromatic nitrogens is 1. The van der Waals surface area contributed by atoms with Gasteiger partial charge in [-0.05, 0) is 18.6 Å². The van der Waals surface area contributed by atoms with E-state index in [4.69, 9.17) is 0 Å². The van der Waals surface area contributed by atoms with Gasteiger partial charge in [0.05, 0.1) is 12.2 Å². The van der Waals surface area contributed by atoms with Gasteiger partial charge in [-0.2, -0.15) is 0 Å². The zero-order chi connectivity index (χ0) is 12.4. The average Bonchev–Trinajstić information content (AvgIpc) is 2.87. The molecule has 2 rings (SSSR count). The summed E-state index contributed by atoms with van der Waals surface area (Å²) in [6.45, 7) is 3.26. The highest BCUT2D eigenvalue weighted by atomic mass is 16.3. The summed E-state index contributed by atoms with van der Waals surface area (Å²) in [7, 11) is 0. The van der Waals surface area contributed by atoms with Gasteiger partial charge in [0, 0.05) is 25.8 Å². The number of aliphatic hydroxyl groups is 2. The maximum atomic E-state index is 12.2. The fourth-order valence-electron chi connectivity index (χ4n) is 2.14. The second kappa shape index (κ2) is 4.89. The summed E-state index contributed by atoms with van der Waals surface area (Å²) < 4.78 is 1.90. The summed E-state index contributed by atoms with van der Waals surface area (Å²) >= 11 is 0. The van der Waals surface area contributed by atoms with Gasteiger partial charge < -0.3 is 19.7 Å². The number of amides is 1. The van der Waals surface area contributed by atoms with Crippen LogP contribution in [-0.2, 0) is 6.54 Å². The van der Waals surface area contributed by atoms with Crippen LogP contribution >= 0.6 is 0 Å². The molecule has 5 heteroatoms. The molecule has 1 aliphatic heterocycles. The van der Waals surface area contributed by atoms with Crippen molar-refractivity contribution in [3.05, 3.63) is 24.0 Å². The SMILES string of the molecule is CCCn1cccc1C(=O)N1C[C@@H](O)[C@@H](O)C1. The van der Waals surface area contributed by atoms with Crippen LogP contribution in [0.1, 0.15) is 23.8 Å². The van der Waals surface area contributed by atoms with E-state index in [1.165, 1.54) is 4.90 Å². The smallest absolute Gasteiger partial charge is 0.270 e. The maximum absolute atomic E-state index is 12.2. The number of hydrogen-bond acceptors (Lipinski definition) is 3. The van der Waals surface area contributed by atoms with Crippen LogP contribution in [0.2, 0.25) is 0 Å². The third kappa shape index (κ3) is 2.35. The Bertz CT molecular complexity index is 392. The highest BCUT2D eigenvalue weighted by molar-refractivity contribution is 5.93. The molecule has 0 bridgehead atoms. The summed E-state index contributed by atoms with van der Waals surface area (Å²) in [6.07, 6.45) is 1.18. The predicted octanol–water partition coefficient (Wildman–Crippen LogP) is 0.0757. The number of nitrogens with zero attached hydrogens (tertiary/aromatic N) is 2. The van der Waals surface area contributed by atoms with Crippen molar-refractivity contribution in [1.82, 2.24) is 9.47 Å². The molecule has 5 nitrogen and oxygen atoms in total. The highest BCUT2D eigenvalue weighted by Crippen LogP contribution is 2.15. The molecule has 17 heavy (non-hydrogen) atoms. The van der Waals surface area contributed by atoms with Gasteiger partial charge in [-0.3, -0.25) is 4.79 Å². The third-order valence-electron chi connectivity index (χ3n) is 3.06. The van der Waals surface area contributed by atoms with Gasteiger partial charge in [0.1, 0.15) is 5.69 Å². The minimum atomic E-state index is -0.825. The molecule has 1 aromatic heterocycles. The van der Waals surface area contributed by atoms with E-state index in [1.54, 1.807) is 6.07 Å². The lowest BCUT2D eigenvalue weighted by molar-refractivity contribution is 0.0572. The van der Waals surface area contributed by atoms with Crippen molar-refractivity contribution < 1.29 is 15.0 Å². The molecule has 0 saturated carbocycles. The Kier molecular flexibility index (Phi) is 3.49. The van der Waals surface area contributed by atoms with Crippen LogP contribution < -0.4 is 0 Å². The molecule has 1 fully saturated rings. The van der Waals surface area contributed by atoms with Gasteiger partial charge in [-0.25, -0.2) is 0 Å². The number of likely N-dealkylation sites (tertiary alicyclic amines) is 1. The normalized spacial score (nSPS) is 24.3. The van der Waals surface area contributed by atoms with Crippen molar-refractivity contribution >= 4 is 5.91 Å². The first-order valence-electron chi connectivity index (χ1n) is 5.94. The van der Waals surface area contributed by atoms with Crippen molar-refractivity contribution in [1.29, 1.82) is 0 Å². The lowest BCUT2D eigenvalue weighted by Gasteiger charge is -2.16. The summed E-state index contributed by atoms with van der Waals surface area (Å²) in [5.41, 5.74) is 0.619. The Morgan fingerprint density at radius 1 is 1.41 bits per heavy atom. The quantitative estimate of drug-likeness (QED) is 0.783. The molecule has 2 N–H and O–H groups in total. The molecule has 0 aliphatic carbocycles. The minimum absolute atomic E-state index is 0.126. The number of aliphatic hydroxyl groups excluding tert-OH is 2. The molecule has 0 aromatic carbocycles. The van der Waals surface area contributed by atoms with Crippen LogP contribution in [0.25, 0.3) is 0 Å². The molecule has 2 atom stereocenters. The van der Waals surface area contributed by atoms with Gasteiger partial charge >= 0.3 is 0 Å². The lowest BCUT2D eigenvalue weighted by atomic mass is 10.3. The first-order chi connectivity index (χ1) is 8.13. The number of carbonyl (C=O) groups is 1. The molecular weight excluding hydrogens is 220 g/mol. The Morgan fingerprint density at radius 2 is 2.06 bits per heavy atom. The molecule has 0 spiro atoms. The van der Waals surface area contributed by atoms with Crippen LogP contribution in [0.4, 0.5) is 0 Å². The zero-order valence-electron chi connectivity index (χ0n) is 9.91. The van der Waals surface area contributed by atoms with Gasteiger partial charge in [0.2, 0.25) is 0 Å². The molecule has 1 saturated heterocycles. The summed E-state index contributed by atoms with van der Waals surface area (Å²) in [5.74, 6) is -0.126. The van der Waals surface area contributed by atoms with Crippen LogP contribution in [-0.4, -0.2) is 50.9 Å². The van der Waals surface area contributed by atoms with Crippen LogP contribution in [0, 0.1) is 0 Å². The van der Waals surface area contributed by atoms with Crippen molar-refractivity contribution in [2.75, 3.05) is 13.1 Å². The molecule has 1 aromatic rings. The van der Waals surface area contributed by atoms with E-state index in [2.05, 4.69) is 6.92 Å². The summed E-state index contributed by atoms with van der Waals surface area (Å²) in [5, 5.41) is 18.9. The van der Waals surface area contributed by atoms with E-state index >= 15 is 0 Å². The Hall–Kier alpha value is -1.33. The van der Waals surface area contributed by atoms with Crippen molar-refractivity contribution in [3.8, 4) is 0 Å². The molecule has 1 amide bonds. The largest absolute Gasteiger partial charge is 0.388 e. The van der Waals surface area contributed by atoms with Crippen molar-refractivity contribution in [3.63, 3.8) is 0 Å². The predicted molar refractivity (Wildman–Crippen MR) is 62.6 cm³/mol. The van der Waals surface area contributed by atoms with E-state index in [9.17, 15) is 15.0 Å². The molecule has 1 aliphatic rings. The number of β-amino-alcohol motifs (C(OH)–C–C–N with tert-alkyl or cyclic N) is 2. The number of hydrogen-bond donors (Lipinski definition) is 2. The Balaban J connectivity index is 2.12. The number of aryl methyl sites for hydroxylation is 1. The molecule has 0 unspecified atom stereocenters. The molecule has 2 heterocycles. The standard InChI is InChI=1S/C12H18N2O3/c1-2-5-13-6-3-4-9(13)12(17)14-7-10(15)11(16)8-14/h3-4,6,10-11,15-16H,2,5,7-8H2,1H3/t10-,11+. The minimum Gasteiger partial charge on any atom is -0.388 e. The lowest BCUT2D eigenvalue weighted by Crippen LogP contribution is -2.31. The maximum Gasteiger partial charge on any atom is 0.270 e. The summed E-state index contributed by atoms with van der Waals surface area (Å²) in [6, 6.07) is 3.61. The van der Waals surface area contributed by atoms with E-state index in [0.717, 1.165) is 13.0 Å². The number of rotatable bonds is 3. The first kappa shape index (κ1) is 12.1. The van der Waals surface area contributed by atoms with Crippen LogP contribution in [0.3, 0.4) is 0 Å². The summed E-state index contributed by atoms with van der Waals surface area (Å²) in [4.78, 5) is 13.7. The van der Waals surface area contributed by atoms with Gasteiger partial charge in [0.15, 0.2) is 0 Å². The molecular formula is C12H18N2O3.